The highest BCUT2D eigenvalue weighted by Gasteiger charge is 2.05. The molecule has 0 saturated heterocycles. The van der Waals surface area contributed by atoms with Crippen molar-refractivity contribution < 1.29 is 9.90 Å². The third-order valence-corrected chi connectivity index (χ3v) is 2.11. The van der Waals surface area contributed by atoms with Gasteiger partial charge in [-0.25, -0.2) is 0 Å². The maximum Gasteiger partial charge on any atom is 0.153 e. The Morgan fingerprint density at radius 3 is 2.77 bits per heavy atom. The zero-order valence-electron chi connectivity index (χ0n) is 7.74. The van der Waals surface area contributed by atoms with Crippen molar-refractivity contribution in [1.29, 1.82) is 0 Å². The molecule has 0 amide bonds. The number of nitrogens with one attached hydrogen (secondary N) is 1. The Kier molecular flexibility index (Phi) is 3.03. The number of benzene rings is 1. The minimum absolute atomic E-state index is 0.0297. The zero-order valence-corrected chi connectivity index (χ0v) is 7.74. The van der Waals surface area contributed by atoms with Gasteiger partial charge in [0, 0.05) is 6.04 Å². The smallest absolute Gasteiger partial charge is 0.153 e. The average Bonchev–Trinajstić information content (AvgIpc) is 2.17. The molecule has 0 aliphatic rings. The van der Waals surface area contributed by atoms with Crippen molar-refractivity contribution in [3.63, 3.8) is 0 Å². The predicted octanol–water partition coefficient (Wildman–Crippen LogP) is 1.49. The number of phenols is 1. The van der Waals surface area contributed by atoms with E-state index in [1.165, 1.54) is 6.07 Å². The van der Waals surface area contributed by atoms with Gasteiger partial charge in [0.2, 0.25) is 0 Å². The van der Waals surface area contributed by atoms with Gasteiger partial charge in [0.15, 0.2) is 6.29 Å². The fourth-order valence-corrected chi connectivity index (χ4v) is 1.10. The minimum Gasteiger partial charge on any atom is -0.507 e. The number of aldehydes is 1. The van der Waals surface area contributed by atoms with Crippen molar-refractivity contribution in [2.45, 2.75) is 13.0 Å². The summed E-state index contributed by atoms with van der Waals surface area (Å²) in [7, 11) is 1.85. The van der Waals surface area contributed by atoms with Crippen LogP contribution in [0, 0.1) is 0 Å². The van der Waals surface area contributed by atoms with Crippen molar-refractivity contribution in [3.05, 3.63) is 29.3 Å². The van der Waals surface area contributed by atoms with E-state index >= 15 is 0 Å². The van der Waals surface area contributed by atoms with Gasteiger partial charge in [-0.1, -0.05) is 6.07 Å². The topological polar surface area (TPSA) is 49.3 Å². The molecule has 1 unspecified atom stereocenters. The van der Waals surface area contributed by atoms with Crippen molar-refractivity contribution in [1.82, 2.24) is 5.32 Å². The molecule has 0 saturated carbocycles. The van der Waals surface area contributed by atoms with Gasteiger partial charge in [0.1, 0.15) is 5.75 Å². The first-order valence-electron chi connectivity index (χ1n) is 4.14. The lowest BCUT2D eigenvalue weighted by molar-refractivity contribution is 0.112. The molecule has 1 rings (SSSR count). The summed E-state index contributed by atoms with van der Waals surface area (Å²) in [6, 6.07) is 5.19. The van der Waals surface area contributed by atoms with Crippen LogP contribution in [0.15, 0.2) is 18.2 Å². The monoisotopic (exact) mass is 179 g/mol. The number of rotatable bonds is 3. The molecule has 0 bridgehead atoms. The largest absolute Gasteiger partial charge is 0.507 e. The van der Waals surface area contributed by atoms with Gasteiger partial charge < -0.3 is 10.4 Å². The highest BCUT2D eigenvalue weighted by Crippen LogP contribution is 2.20. The van der Waals surface area contributed by atoms with Gasteiger partial charge in [-0.15, -0.1) is 0 Å². The van der Waals surface area contributed by atoms with Gasteiger partial charge in [0.25, 0.3) is 0 Å². The normalized spacial score (nSPS) is 12.5. The quantitative estimate of drug-likeness (QED) is 0.691. The molecule has 70 valence electrons. The molecule has 13 heavy (non-hydrogen) atoms. The predicted molar refractivity (Wildman–Crippen MR) is 51.0 cm³/mol. The van der Waals surface area contributed by atoms with Crippen LogP contribution in [0.3, 0.4) is 0 Å². The van der Waals surface area contributed by atoms with Crippen LogP contribution in [-0.4, -0.2) is 18.4 Å². The SMILES string of the molecule is CNC(C)c1ccc(O)c(C=O)c1. The maximum absolute atomic E-state index is 10.5. The van der Waals surface area contributed by atoms with Crippen LogP contribution in [0.5, 0.6) is 5.75 Å². The molecule has 1 atom stereocenters. The summed E-state index contributed by atoms with van der Waals surface area (Å²) in [4.78, 5) is 10.5. The maximum atomic E-state index is 10.5. The van der Waals surface area contributed by atoms with Crippen molar-refractivity contribution in [2.24, 2.45) is 0 Å². The molecule has 0 heterocycles. The van der Waals surface area contributed by atoms with Gasteiger partial charge in [-0.3, -0.25) is 4.79 Å². The molecule has 1 aromatic rings. The van der Waals surface area contributed by atoms with Crippen LogP contribution >= 0.6 is 0 Å². The molecule has 0 fully saturated rings. The Labute approximate surface area is 77.4 Å². The Morgan fingerprint density at radius 2 is 2.23 bits per heavy atom. The summed E-state index contributed by atoms with van der Waals surface area (Å²) in [5.74, 6) is 0.0297. The van der Waals surface area contributed by atoms with Crippen LogP contribution in [-0.2, 0) is 0 Å². The fourth-order valence-electron chi connectivity index (χ4n) is 1.10. The summed E-state index contributed by atoms with van der Waals surface area (Å²) in [5.41, 5.74) is 1.32. The van der Waals surface area contributed by atoms with Crippen LogP contribution in [0.25, 0.3) is 0 Å². The van der Waals surface area contributed by atoms with E-state index in [4.69, 9.17) is 0 Å². The van der Waals surface area contributed by atoms with Gasteiger partial charge in [0.05, 0.1) is 5.56 Å². The lowest BCUT2D eigenvalue weighted by Crippen LogP contribution is -2.12. The number of hydrogen-bond donors (Lipinski definition) is 2. The van der Waals surface area contributed by atoms with Crippen LogP contribution in [0.4, 0.5) is 0 Å². The second kappa shape index (κ2) is 4.05. The van der Waals surface area contributed by atoms with E-state index in [-0.39, 0.29) is 11.8 Å². The summed E-state index contributed by atoms with van der Waals surface area (Å²) < 4.78 is 0. The van der Waals surface area contributed by atoms with Gasteiger partial charge >= 0.3 is 0 Å². The summed E-state index contributed by atoms with van der Waals surface area (Å²) in [6.07, 6.45) is 0.654. The lowest BCUT2D eigenvalue weighted by Gasteiger charge is -2.11. The van der Waals surface area contributed by atoms with E-state index in [9.17, 15) is 9.90 Å². The average molecular weight is 179 g/mol. The number of carbonyl (C=O) groups is 1. The van der Waals surface area contributed by atoms with E-state index in [1.807, 2.05) is 14.0 Å². The van der Waals surface area contributed by atoms with E-state index in [2.05, 4.69) is 5.32 Å². The van der Waals surface area contributed by atoms with Crippen LogP contribution in [0.2, 0.25) is 0 Å². The van der Waals surface area contributed by atoms with Crippen LogP contribution in [0.1, 0.15) is 28.9 Å². The summed E-state index contributed by atoms with van der Waals surface area (Å²) in [5, 5.41) is 12.3. The van der Waals surface area contributed by atoms with E-state index in [0.29, 0.717) is 11.8 Å². The zero-order chi connectivity index (χ0) is 9.84. The molecule has 1 aromatic carbocycles. The first kappa shape index (κ1) is 9.74. The number of hydrogen-bond acceptors (Lipinski definition) is 3. The standard InChI is InChI=1S/C10H13NO2/c1-7(11-2)8-3-4-10(13)9(5-8)6-12/h3-7,11,13H,1-2H3. The van der Waals surface area contributed by atoms with Crippen molar-refractivity contribution >= 4 is 6.29 Å². The second-order valence-electron chi connectivity index (χ2n) is 2.95. The molecular formula is C10H13NO2. The molecule has 0 aliphatic carbocycles. The Bertz CT molecular complexity index is 310. The van der Waals surface area contributed by atoms with Crippen LogP contribution < -0.4 is 5.32 Å². The van der Waals surface area contributed by atoms with Crippen molar-refractivity contribution in [3.8, 4) is 5.75 Å². The number of aromatic hydroxyl groups is 1. The summed E-state index contributed by atoms with van der Waals surface area (Å²) >= 11 is 0. The molecule has 0 spiro atoms. The van der Waals surface area contributed by atoms with Gasteiger partial charge in [-0.05, 0) is 31.7 Å². The highest BCUT2D eigenvalue weighted by atomic mass is 16.3. The van der Waals surface area contributed by atoms with E-state index in [1.54, 1.807) is 12.1 Å². The van der Waals surface area contributed by atoms with Gasteiger partial charge in [-0.2, -0.15) is 0 Å². The Hall–Kier alpha value is -1.35. The third-order valence-electron chi connectivity index (χ3n) is 2.11. The first-order chi connectivity index (χ1) is 6.19. The first-order valence-corrected chi connectivity index (χ1v) is 4.14. The lowest BCUT2D eigenvalue weighted by atomic mass is 10.1. The third kappa shape index (κ3) is 2.06. The molecule has 3 nitrogen and oxygen atoms in total. The molecule has 0 radical (unpaired) electrons. The Balaban J connectivity index is 3.05. The van der Waals surface area contributed by atoms with Crippen molar-refractivity contribution in [2.75, 3.05) is 7.05 Å². The van der Waals surface area contributed by atoms with E-state index in [0.717, 1.165) is 5.56 Å². The fraction of sp³-hybridized carbons (Fsp3) is 0.300. The Morgan fingerprint density at radius 1 is 1.54 bits per heavy atom. The minimum atomic E-state index is 0.0297. The molecular weight excluding hydrogens is 166 g/mol. The summed E-state index contributed by atoms with van der Waals surface area (Å²) in [6.45, 7) is 1.99. The highest BCUT2D eigenvalue weighted by molar-refractivity contribution is 5.79. The number of phenolic OH excluding ortho intramolecular Hbond substituents is 1. The molecule has 0 aliphatic heterocycles. The molecule has 0 aromatic heterocycles. The number of carbonyl (C=O) groups excluding carboxylic acids is 1. The second-order valence-corrected chi connectivity index (χ2v) is 2.95. The molecule has 3 heteroatoms. The molecule has 2 N–H and O–H groups in total. The van der Waals surface area contributed by atoms with E-state index < -0.39 is 0 Å².